The highest BCUT2D eigenvalue weighted by Crippen LogP contribution is 2.30. The number of hydrogen-bond acceptors (Lipinski definition) is 7. The Morgan fingerprint density at radius 3 is 2.63 bits per heavy atom. The Kier molecular flexibility index (Phi) is 7.58. The summed E-state index contributed by atoms with van der Waals surface area (Å²) in [5.74, 6) is -0.410. The van der Waals surface area contributed by atoms with Crippen LogP contribution in [0.1, 0.15) is 26.7 Å². The van der Waals surface area contributed by atoms with Gasteiger partial charge in [0.25, 0.3) is 0 Å². The standard InChI is InChI=1S/C24H29N3O7S/c1-17(2)33-21-10-9-18(35(30,31)26-12-14-32-15-13-26)16-19(21)25-23(28)8-5-11-27-20-6-3-4-7-22(20)34-24(27)29/h3-4,6-7,9-10,16-17H,5,8,11-15H2,1-2H3,(H,25,28). The lowest BCUT2D eigenvalue weighted by Gasteiger charge is -2.26. The van der Waals surface area contributed by atoms with Crippen LogP contribution in [0.15, 0.2) is 56.6 Å². The van der Waals surface area contributed by atoms with Gasteiger partial charge in [-0.2, -0.15) is 4.31 Å². The molecule has 0 bridgehead atoms. The van der Waals surface area contributed by atoms with E-state index in [0.29, 0.717) is 43.0 Å². The first kappa shape index (κ1) is 25.0. The topological polar surface area (TPSA) is 120 Å². The van der Waals surface area contributed by atoms with Gasteiger partial charge < -0.3 is 19.2 Å². The summed E-state index contributed by atoms with van der Waals surface area (Å²) in [5, 5.41) is 2.78. The first-order valence-electron chi connectivity index (χ1n) is 11.5. The molecule has 0 unspecified atom stereocenters. The van der Waals surface area contributed by atoms with Crippen LogP contribution in [0.25, 0.3) is 11.1 Å². The number of fused-ring (bicyclic) bond motifs is 1. The van der Waals surface area contributed by atoms with Crippen molar-refractivity contribution in [2.24, 2.45) is 0 Å². The summed E-state index contributed by atoms with van der Waals surface area (Å²) in [6.07, 6.45) is 0.336. The van der Waals surface area contributed by atoms with Gasteiger partial charge in [-0.1, -0.05) is 12.1 Å². The van der Waals surface area contributed by atoms with Crippen molar-refractivity contribution in [2.45, 2.75) is 44.2 Å². The van der Waals surface area contributed by atoms with Gasteiger partial charge in [-0.05, 0) is 50.6 Å². The molecule has 1 aromatic heterocycles. The van der Waals surface area contributed by atoms with Gasteiger partial charge in [0.2, 0.25) is 15.9 Å². The van der Waals surface area contributed by atoms with Crippen LogP contribution in [-0.2, 0) is 26.1 Å². The lowest BCUT2D eigenvalue weighted by atomic mass is 10.2. The van der Waals surface area contributed by atoms with Gasteiger partial charge in [0.1, 0.15) is 5.75 Å². The summed E-state index contributed by atoms with van der Waals surface area (Å²) in [6, 6.07) is 11.6. The maximum absolute atomic E-state index is 13.1. The molecule has 0 spiro atoms. The van der Waals surface area contributed by atoms with Gasteiger partial charge in [-0.25, -0.2) is 13.2 Å². The summed E-state index contributed by atoms with van der Waals surface area (Å²) in [7, 11) is -3.74. The molecule has 2 aromatic carbocycles. The molecule has 1 fully saturated rings. The minimum Gasteiger partial charge on any atom is -0.489 e. The van der Waals surface area contributed by atoms with Crippen molar-refractivity contribution in [1.82, 2.24) is 8.87 Å². The van der Waals surface area contributed by atoms with Crippen molar-refractivity contribution in [3.05, 3.63) is 53.0 Å². The number of aromatic nitrogens is 1. The number of aryl methyl sites for hydroxylation is 1. The number of sulfonamides is 1. The molecule has 4 rings (SSSR count). The quantitative estimate of drug-likeness (QED) is 0.477. The van der Waals surface area contributed by atoms with E-state index in [0.717, 1.165) is 0 Å². The first-order chi connectivity index (χ1) is 16.8. The van der Waals surface area contributed by atoms with Crippen LogP contribution in [0.4, 0.5) is 5.69 Å². The molecule has 0 aliphatic carbocycles. The highest BCUT2D eigenvalue weighted by molar-refractivity contribution is 7.89. The van der Waals surface area contributed by atoms with E-state index in [1.54, 1.807) is 24.3 Å². The average Bonchev–Trinajstić information content (AvgIpc) is 3.15. The second-order valence-corrected chi connectivity index (χ2v) is 10.4. The molecule has 3 aromatic rings. The van der Waals surface area contributed by atoms with Gasteiger partial charge in [0.15, 0.2) is 5.58 Å². The van der Waals surface area contributed by atoms with E-state index < -0.39 is 15.8 Å². The van der Waals surface area contributed by atoms with Crippen LogP contribution in [0, 0.1) is 0 Å². The number of anilines is 1. The Labute approximate surface area is 203 Å². The van der Waals surface area contributed by atoms with Gasteiger partial charge in [-0.15, -0.1) is 0 Å². The van der Waals surface area contributed by atoms with Crippen LogP contribution in [0.5, 0.6) is 5.75 Å². The molecule has 10 nitrogen and oxygen atoms in total. The predicted molar refractivity (Wildman–Crippen MR) is 130 cm³/mol. The molecule has 0 saturated carbocycles. The summed E-state index contributed by atoms with van der Waals surface area (Å²) in [4.78, 5) is 24.9. The second kappa shape index (κ2) is 10.6. The fourth-order valence-corrected chi connectivity index (χ4v) is 5.33. The summed E-state index contributed by atoms with van der Waals surface area (Å²) >= 11 is 0. The molecule has 2 heterocycles. The Hall–Kier alpha value is -3.15. The van der Waals surface area contributed by atoms with Crippen LogP contribution in [0.3, 0.4) is 0 Å². The van der Waals surface area contributed by atoms with Gasteiger partial charge >= 0.3 is 5.76 Å². The van der Waals surface area contributed by atoms with E-state index in [1.807, 2.05) is 19.9 Å². The summed E-state index contributed by atoms with van der Waals surface area (Å²) in [5.41, 5.74) is 1.45. The molecule has 0 radical (unpaired) electrons. The molecule has 0 atom stereocenters. The molecule has 11 heteroatoms. The highest BCUT2D eigenvalue weighted by atomic mass is 32.2. The number of nitrogens with one attached hydrogen (secondary N) is 1. The van der Waals surface area contributed by atoms with Gasteiger partial charge in [-0.3, -0.25) is 9.36 Å². The molecule has 1 saturated heterocycles. The number of hydrogen-bond donors (Lipinski definition) is 1. The highest BCUT2D eigenvalue weighted by Gasteiger charge is 2.27. The number of morpholine rings is 1. The Bertz CT molecular complexity index is 1350. The largest absolute Gasteiger partial charge is 0.489 e. The number of amides is 1. The van der Waals surface area contributed by atoms with E-state index in [1.165, 1.54) is 21.0 Å². The van der Waals surface area contributed by atoms with Crippen molar-refractivity contribution >= 4 is 32.7 Å². The van der Waals surface area contributed by atoms with Crippen molar-refractivity contribution in [3.8, 4) is 5.75 Å². The smallest absolute Gasteiger partial charge is 0.419 e. The Balaban J connectivity index is 1.48. The minimum absolute atomic E-state index is 0.0715. The number of para-hydroxylation sites is 2. The third-order valence-corrected chi connectivity index (χ3v) is 7.45. The predicted octanol–water partition coefficient (Wildman–Crippen LogP) is 2.82. The van der Waals surface area contributed by atoms with E-state index in [4.69, 9.17) is 13.9 Å². The molecule has 188 valence electrons. The van der Waals surface area contributed by atoms with Crippen molar-refractivity contribution in [3.63, 3.8) is 0 Å². The number of ether oxygens (including phenoxy) is 2. The molecule has 35 heavy (non-hydrogen) atoms. The molecule has 1 aliphatic heterocycles. The number of nitrogens with zero attached hydrogens (tertiary/aromatic N) is 2. The van der Waals surface area contributed by atoms with Crippen molar-refractivity contribution in [1.29, 1.82) is 0 Å². The number of rotatable bonds is 9. The zero-order chi connectivity index (χ0) is 25.0. The lowest BCUT2D eigenvalue weighted by molar-refractivity contribution is -0.116. The van der Waals surface area contributed by atoms with Gasteiger partial charge in [0, 0.05) is 26.1 Å². The van der Waals surface area contributed by atoms with Crippen LogP contribution >= 0.6 is 0 Å². The fraction of sp³-hybridized carbons (Fsp3) is 0.417. The number of carbonyl (C=O) groups excluding carboxylic acids is 1. The van der Waals surface area contributed by atoms with Crippen LogP contribution in [-0.4, -0.2) is 55.6 Å². The van der Waals surface area contributed by atoms with Crippen molar-refractivity contribution < 1.29 is 27.1 Å². The summed E-state index contributed by atoms with van der Waals surface area (Å²) in [6.45, 7) is 5.23. The molecular weight excluding hydrogens is 474 g/mol. The Morgan fingerprint density at radius 2 is 1.89 bits per heavy atom. The van der Waals surface area contributed by atoms with E-state index in [-0.39, 0.29) is 42.1 Å². The minimum atomic E-state index is -3.74. The number of benzene rings is 2. The zero-order valence-electron chi connectivity index (χ0n) is 19.7. The SMILES string of the molecule is CC(C)Oc1ccc(S(=O)(=O)N2CCOCC2)cc1NC(=O)CCCn1c(=O)oc2ccccc21. The normalized spacial score (nSPS) is 14.9. The monoisotopic (exact) mass is 503 g/mol. The zero-order valence-corrected chi connectivity index (χ0v) is 20.5. The van der Waals surface area contributed by atoms with E-state index >= 15 is 0 Å². The Morgan fingerprint density at radius 1 is 1.14 bits per heavy atom. The third kappa shape index (κ3) is 5.75. The molecule has 1 aliphatic rings. The lowest BCUT2D eigenvalue weighted by Crippen LogP contribution is -2.40. The maximum atomic E-state index is 13.1. The second-order valence-electron chi connectivity index (χ2n) is 8.48. The van der Waals surface area contributed by atoms with E-state index in [9.17, 15) is 18.0 Å². The van der Waals surface area contributed by atoms with Crippen molar-refractivity contribution in [2.75, 3.05) is 31.6 Å². The van der Waals surface area contributed by atoms with E-state index in [2.05, 4.69) is 5.32 Å². The average molecular weight is 504 g/mol. The molecule has 1 amide bonds. The maximum Gasteiger partial charge on any atom is 0.419 e. The third-order valence-electron chi connectivity index (χ3n) is 5.55. The fourth-order valence-electron chi connectivity index (χ4n) is 3.90. The summed E-state index contributed by atoms with van der Waals surface area (Å²) < 4.78 is 45.3. The number of oxazole rings is 1. The number of carbonyl (C=O) groups is 1. The molecule has 1 N–H and O–H groups in total. The van der Waals surface area contributed by atoms with Crippen LogP contribution in [0.2, 0.25) is 0 Å². The van der Waals surface area contributed by atoms with Gasteiger partial charge in [0.05, 0.1) is 35.4 Å². The van der Waals surface area contributed by atoms with Crippen LogP contribution < -0.4 is 15.8 Å². The first-order valence-corrected chi connectivity index (χ1v) is 13.0. The molecular formula is C24H29N3O7S.